The molecule has 0 radical (unpaired) electrons. The van der Waals surface area contributed by atoms with Crippen LogP contribution in [0.1, 0.15) is 5.56 Å². The first-order valence-electron chi connectivity index (χ1n) is 5.01. The number of hydrogen-bond donors (Lipinski definition) is 1. The van der Waals surface area contributed by atoms with E-state index in [4.69, 9.17) is 10.5 Å². The molecule has 0 atom stereocenters. The first-order valence-corrected chi connectivity index (χ1v) is 6.00. The van der Waals surface area contributed by atoms with Crippen molar-refractivity contribution in [3.63, 3.8) is 0 Å². The van der Waals surface area contributed by atoms with E-state index in [1.54, 1.807) is 18.2 Å². The first kappa shape index (κ1) is 11.8. The second-order valence-electron chi connectivity index (χ2n) is 3.61. The van der Waals surface area contributed by atoms with Crippen LogP contribution in [0, 0.1) is 0 Å². The number of carbonyl (C=O) groups is 2. The molecule has 1 aliphatic rings. The summed E-state index contributed by atoms with van der Waals surface area (Å²) in [6, 6.07) is 5.15. The molecule has 0 bridgehead atoms. The fourth-order valence-electron chi connectivity index (χ4n) is 1.63. The molecular weight excluding hydrogens is 240 g/mol. The summed E-state index contributed by atoms with van der Waals surface area (Å²) in [4.78, 5) is 24.2. The van der Waals surface area contributed by atoms with Crippen LogP contribution in [0.25, 0.3) is 0 Å². The Labute approximate surface area is 103 Å². The molecule has 0 aromatic heterocycles. The Morgan fingerprint density at radius 2 is 2.24 bits per heavy atom. The molecule has 0 saturated carbocycles. The normalized spacial score (nSPS) is 15.5. The predicted octanol–water partition coefficient (Wildman–Crippen LogP) is 1.47. The van der Waals surface area contributed by atoms with Gasteiger partial charge in [0, 0.05) is 11.3 Å². The van der Waals surface area contributed by atoms with Gasteiger partial charge in [-0.25, -0.2) is 0 Å². The zero-order chi connectivity index (χ0) is 12.4. The maximum absolute atomic E-state index is 11.5. The minimum absolute atomic E-state index is 0.176. The molecule has 1 heterocycles. The molecule has 6 heteroatoms. The SMILES string of the molecule is COc1ccc(N)cc1CN1C(=O)CSC1=O. The number of anilines is 1. The van der Waals surface area contributed by atoms with Crippen LogP contribution in [0.15, 0.2) is 18.2 Å². The van der Waals surface area contributed by atoms with Crippen LogP contribution in [-0.2, 0) is 11.3 Å². The highest BCUT2D eigenvalue weighted by atomic mass is 32.2. The molecule has 1 saturated heterocycles. The fourth-order valence-corrected chi connectivity index (χ4v) is 2.35. The number of imide groups is 1. The maximum atomic E-state index is 11.5. The highest BCUT2D eigenvalue weighted by Gasteiger charge is 2.30. The Morgan fingerprint density at radius 1 is 1.47 bits per heavy atom. The van der Waals surface area contributed by atoms with Gasteiger partial charge in [0.1, 0.15) is 5.75 Å². The van der Waals surface area contributed by atoms with Gasteiger partial charge in [0.05, 0.1) is 19.4 Å². The standard InChI is InChI=1S/C11H12N2O3S/c1-16-9-3-2-8(12)4-7(9)5-13-10(14)6-17-11(13)15/h2-4H,5-6,12H2,1H3. The minimum atomic E-state index is -0.223. The van der Waals surface area contributed by atoms with Crippen molar-refractivity contribution in [3.05, 3.63) is 23.8 Å². The molecule has 17 heavy (non-hydrogen) atoms. The fraction of sp³-hybridized carbons (Fsp3) is 0.273. The molecular formula is C11H12N2O3S. The number of nitrogen functional groups attached to an aromatic ring is 1. The third-order valence-electron chi connectivity index (χ3n) is 2.47. The molecule has 0 unspecified atom stereocenters. The lowest BCUT2D eigenvalue weighted by Crippen LogP contribution is -2.28. The molecule has 0 spiro atoms. The van der Waals surface area contributed by atoms with Crippen molar-refractivity contribution in [1.29, 1.82) is 0 Å². The number of hydrogen-bond acceptors (Lipinski definition) is 5. The summed E-state index contributed by atoms with van der Waals surface area (Å²) in [6.07, 6.45) is 0. The zero-order valence-electron chi connectivity index (χ0n) is 9.30. The number of thioether (sulfide) groups is 1. The van der Waals surface area contributed by atoms with Gasteiger partial charge in [-0.1, -0.05) is 11.8 Å². The molecule has 2 rings (SSSR count). The maximum Gasteiger partial charge on any atom is 0.289 e. The largest absolute Gasteiger partial charge is 0.496 e. The summed E-state index contributed by atoms with van der Waals surface area (Å²) in [6.45, 7) is 0.207. The number of nitrogens with zero attached hydrogens (tertiary/aromatic N) is 1. The van der Waals surface area contributed by atoms with Crippen molar-refractivity contribution in [1.82, 2.24) is 4.90 Å². The van der Waals surface area contributed by atoms with Crippen LogP contribution >= 0.6 is 11.8 Å². The van der Waals surface area contributed by atoms with Gasteiger partial charge in [0.2, 0.25) is 5.91 Å². The average molecular weight is 252 g/mol. The highest BCUT2D eigenvalue weighted by Crippen LogP contribution is 2.26. The van der Waals surface area contributed by atoms with Crippen molar-refractivity contribution in [2.45, 2.75) is 6.54 Å². The van der Waals surface area contributed by atoms with Gasteiger partial charge in [0.15, 0.2) is 0 Å². The van der Waals surface area contributed by atoms with Crippen molar-refractivity contribution in [2.24, 2.45) is 0 Å². The Morgan fingerprint density at radius 3 is 2.82 bits per heavy atom. The average Bonchev–Trinajstić information content (AvgIpc) is 2.61. The van der Waals surface area contributed by atoms with Crippen LogP contribution < -0.4 is 10.5 Å². The van der Waals surface area contributed by atoms with Crippen molar-refractivity contribution >= 4 is 28.6 Å². The Bertz CT molecular complexity index is 460. The quantitative estimate of drug-likeness (QED) is 0.825. The van der Waals surface area contributed by atoms with Crippen LogP contribution in [0.3, 0.4) is 0 Å². The Balaban J connectivity index is 2.25. The molecule has 90 valence electrons. The summed E-state index contributed by atoms with van der Waals surface area (Å²) in [5, 5.41) is -0.223. The van der Waals surface area contributed by atoms with E-state index < -0.39 is 0 Å². The molecule has 2 N–H and O–H groups in total. The number of benzene rings is 1. The van der Waals surface area contributed by atoms with Gasteiger partial charge < -0.3 is 10.5 Å². The third kappa shape index (κ3) is 2.36. The van der Waals surface area contributed by atoms with Gasteiger partial charge in [-0.2, -0.15) is 0 Å². The molecule has 1 aromatic rings. The number of ether oxygens (including phenoxy) is 1. The molecule has 1 aliphatic heterocycles. The number of amides is 2. The smallest absolute Gasteiger partial charge is 0.289 e. The predicted molar refractivity (Wildman–Crippen MR) is 65.8 cm³/mol. The Hall–Kier alpha value is -1.69. The van der Waals surface area contributed by atoms with Gasteiger partial charge in [-0.3, -0.25) is 14.5 Å². The van der Waals surface area contributed by atoms with Crippen LogP contribution in [0.2, 0.25) is 0 Å². The first-order chi connectivity index (χ1) is 8.11. The van der Waals surface area contributed by atoms with E-state index in [0.29, 0.717) is 11.4 Å². The molecule has 2 amide bonds. The molecule has 1 fully saturated rings. The van der Waals surface area contributed by atoms with Crippen molar-refractivity contribution in [3.8, 4) is 5.75 Å². The van der Waals surface area contributed by atoms with Gasteiger partial charge in [-0.05, 0) is 18.2 Å². The topological polar surface area (TPSA) is 72.6 Å². The highest BCUT2D eigenvalue weighted by molar-refractivity contribution is 8.14. The number of nitrogens with two attached hydrogens (primary N) is 1. The van der Waals surface area contributed by atoms with Crippen molar-refractivity contribution < 1.29 is 14.3 Å². The Kier molecular flexibility index (Phi) is 3.23. The zero-order valence-corrected chi connectivity index (χ0v) is 10.1. The molecule has 1 aromatic carbocycles. The van der Waals surface area contributed by atoms with Crippen LogP contribution in [0.5, 0.6) is 5.75 Å². The number of methoxy groups -OCH3 is 1. The van der Waals surface area contributed by atoms with Crippen molar-refractivity contribution in [2.75, 3.05) is 18.6 Å². The number of rotatable bonds is 3. The van der Waals surface area contributed by atoms with E-state index in [-0.39, 0.29) is 23.4 Å². The summed E-state index contributed by atoms with van der Waals surface area (Å²) in [5.74, 6) is 0.657. The summed E-state index contributed by atoms with van der Waals surface area (Å²) >= 11 is 1.02. The summed E-state index contributed by atoms with van der Waals surface area (Å²) < 4.78 is 5.17. The monoisotopic (exact) mass is 252 g/mol. The lowest BCUT2D eigenvalue weighted by Gasteiger charge is -2.15. The summed E-state index contributed by atoms with van der Waals surface area (Å²) in [5.41, 5.74) is 6.99. The van der Waals surface area contributed by atoms with E-state index >= 15 is 0 Å². The van der Waals surface area contributed by atoms with Gasteiger partial charge in [0.25, 0.3) is 5.24 Å². The van der Waals surface area contributed by atoms with Gasteiger partial charge >= 0.3 is 0 Å². The van der Waals surface area contributed by atoms with E-state index in [0.717, 1.165) is 17.3 Å². The minimum Gasteiger partial charge on any atom is -0.496 e. The van der Waals surface area contributed by atoms with Crippen LogP contribution in [0.4, 0.5) is 10.5 Å². The van der Waals surface area contributed by atoms with Gasteiger partial charge in [-0.15, -0.1) is 0 Å². The van der Waals surface area contributed by atoms with E-state index in [2.05, 4.69) is 0 Å². The second kappa shape index (κ2) is 4.67. The van der Waals surface area contributed by atoms with E-state index in [1.165, 1.54) is 12.0 Å². The lowest BCUT2D eigenvalue weighted by atomic mass is 10.1. The van der Waals surface area contributed by atoms with E-state index in [1.807, 2.05) is 0 Å². The van der Waals surface area contributed by atoms with Crippen LogP contribution in [-0.4, -0.2) is 28.9 Å². The lowest BCUT2D eigenvalue weighted by molar-refractivity contribution is -0.125. The summed E-state index contributed by atoms with van der Waals surface area (Å²) in [7, 11) is 1.54. The van der Waals surface area contributed by atoms with E-state index in [9.17, 15) is 9.59 Å². The number of carbonyl (C=O) groups excluding carboxylic acids is 2. The second-order valence-corrected chi connectivity index (χ2v) is 4.53. The molecule has 5 nitrogen and oxygen atoms in total. The third-order valence-corrected chi connectivity index (χ3v) is 3.33. The molecule has 0 aliphatic carbocycles.